The van der Waals surface area contributed by atoms with Crippen LogP contribution in [0.1, 0.15) is 136 Å². The van der Waals surface area contributed by atoms with Gasteiger partial charge in [-0.15, -0.1) is 0 Å². The van der Waals surface area contributed by atoms with Gasteiger partial charge in [-0.1, -0.05) is 126 Å². The Morgan fingerprint density at radius 3 is 1.77 bits per heavy atom. The van der Waals surface area contributed by atoms with Crippen molar-refractivity contribution in [3.8, 4) is 0 Å². The number of carbonyl (C=O) groups is 2. The Labute approximate surface area is 291 Å². The van der Waals surface area contributed by atoms with E-state index in [0.717, 1.165) is 51.4 Å². The maximum absolute atomic E-state index is 12.5. The zero-order chi connectivity index (χ0) is 35.4. The minimum atomic E-state index is -4.39. The maximum atomic E-state index is 12.5. The van der Waals surface area contributed by atoms with Gasteiger partial charge in [0.05, 0.1) is 13.2 Å². The maximum Gasteiger partial charge on any atom is 0.472 e. The van der Waals surface area contributed by atoms with Crippen molar-refractivity contribution in [3.63, 3.8) is 0 Å². The molecule has 2 unspecified atom stereocenters. The summed E-state index contributed by atoms with van der Waals surface area (Å²) in [6, 6.07) is 0. The molecule has 0 bridgehead atoms. The lowest BCUT2D eigenvalue weighted by Crippen LogP contribution is -2.29. The second kappa shape index (κ2) is 34.6. The zero-order valence-electron chi connectivity index (χ0n) is 29.9. The largest absolute Gasteiger partial charge is 0.472 e. The lowest BCUT2D eigenvalue weighted by molar-refractivity contribution is -0.161. The predicted octanol–water partition coefficient (Wildman–Crippen LogP) is 9.77. The standard InChI is InChI=1S/C38H66NO8P/c1-3-5-7-9-11-13-15-17-19-20-22-24-26-28-30-37(40)44-34-36(35-46-48(42,43)45-33-32-39)47-38(41)31-29-27-25-23-21-18-16-14-12-10-8-6-4-2/h6,8,10,12,14,16,18-21,36H,3-5,7,9,11,13,15,17,22-35,39H2,1-2H3,(H,42,43)/b8-6+,12-10+,16-14+,20-19+,21-18+. The van der Waals surface area contributed by atoms with Crippen LogP contribution in [0.3, 0.4) is 0 Å². The van der Waals surface area contributed by atoms with Gasteiger partial charge in [0.1, 0.15) is 6.61 Å². The van der Waals surface area contributed by atoms with Crippen LogP contribution in [-0.4, -0.2) is 49.3 Å². The Hall–Kier alpha value is -2.29. The topological polar surface area (TPSA) is 134 Å². The first-order valence-corrected chi connectivity index (χ1v) is 19.8. The Bertz CT molecular complexity index is 976. The van der Waals surface area contributed by atoms with Gasteiger partial charge in [0.2, 0.25) is 0 Å². The summed E-state index contributed by atoms with van der Waals surface area (Å²) in [5.41, 5.74) is 5.32. The molecular weight excluding hydrogens is 629 g/mol. The third-order valence-corrected chi connectivity index (χ3v) is 8.22. The first-order chi connectivity index (χ1) is 23.3. The van der Waals surface area contributed by atoms with Crippen molar-refractivity contribution in [2.45, 2.75) is 142 Å². The number of esters is 2. The van der Waals surface area contributed by atoms with Crippen LogP contribution in [0.25, 0.3) is 0 Å². The summed E-state index contributed by atoms with van der Waals surface area (Å²) < 4.78 is 32.5. The quantitative estimate of drug-likeness (QED) is 0.0226. The van der Waals surface area contributed by atoms with Crippen LogP contribution in [0.5, 0.6) is 0 Å². The van der Waals surface area contributed by atoms with Gasteiger partial charge >= 0.3 is 19.8 Å². The Balaban J connectivity index is 4.35. The number of allylic oxidation sites excluding steroid dienone is 10. The van der Waals surface area contributed by atoms with Gasteiger partial charge in [0, 0.05) is 19.4 Å². The van der Waals surface area contributed by atoms with Crippen molar-refractivity contribution in [1.29, 1.82) is 0 Å². The highest BCUT2D eigenvalue weighted by atomic mass is 31.2. The van der Waals surface area contributed by atoms with Crippen LogP contribution in [0.2, 0.25) is 0 Å². The molecule has 0 aromatic rings. The number of rotatable bonds is 33. The monoisotopic (exact) mass is 695 g/mol. The van der Waals surface area contributed by atoms with Crippen LogP contribution < -0.4 is 5.73 Å². The summed E-state index contributed by atoms with van der Waals surface area (Å²) in [7, 11) is -4.39. The minimum absolute atomic E-state index is 0.0419. The molecule has 0 saturated heterocycles. The number of nitrogens with two attached hydrogens (primary N) is 1. The molecule has 0 fully saturated rings. The number of unbranched alkanes of at least 4 members (excludes halogenated alkanes) is 13. The van der Waals surface area contributed by atoms with E-state index in [0.29, 0.717) is 12.8 Å². The van der Waals surface area contributed by atoms with Gasteiger partial charge in [-0.2, -0.15) is 0 Å². The zero-order valence-corrected chi connectivity index (χ0v) is 30.8. The van der Waals surface area contributed by atoms with Crippen LogP contribution in [0.15, 0.2) is 60.8 Å². The van der Waals surface area contributed by atoms with Gasteiger partial charge in [0.25, 0.3) is 0 Å². The fourth-order valence-electron chi connectivity index (χ4n) is 4.52. The molecule has 0 aromatic heterocycles. The summed E-state index contributed by atoms with van der Waals surface area (Å²) in [6.45, 7) is 3.49. The van der Waals surface area contributed by atoms with Crippen molar-refractivity contribution in [3.05, 3.63) is 60.8 Å². The van der Waals surface area contributed by atoms with E-state index in [-0.39, 0.29) is 32.6 Å². The smallest absolute Gasteiger partial charge is 0.462 e. The Morgan fingerprint density at radius 1 is 0.646 bits per heavy atom. The first-order valence-electron chi connectivity index (χ1n) is 18.3. The molecule has 10 heteroatoms. The molecule has 0 heterocycles. The molecule has 0 rings (SSSR count). The average molecular weight is 696 g/mol. The average Bonchev–Trinajstić information content (AvgIpc) is 3.07. The lowest BCUT2D eigenvalue weighted by Gasteiger charge is -2.19. The van der Waals surface area contributed by atoms with Crippen LogP contribution in [0, 0.1) is 0 Å². The van der Waals surface area contributed by atoms with E-state index in [4.69, 9.17) is 24.3 Å². The third-order valence-electron chi connectivity index (χ3n) is 7.23. The van der Waals surface area contributed by atoms with Gasteiger partial charge in [-0.05, 0) is 57.8 Å². The molecule has 0 saturated carbocycles. The van der Waals surface area contributed by atoms with Crippen molar-refractivity contribution >= 4 is 19.8 Å². The van der Waals surface area contributed by atoms with Crippen LogP contribution in [0.4, 0.5) is 0 Å². The molecule has 48 heavy (non-hydrogen) atoms. The van der Waals surface area contributed by atoms with E-state index >= 15 is 0 Å². The van der Waals surface area contributed by atoms with E-state index in [9.17, 15) is 19.0 Å². The Morgan fingerprint density at radius 2 is 1.17 bits per heavy atom. The molecule has 276 valence electrons. The molecule has 9 nitrogen and oxygen atoms in total. The molecule has 0 aliphatic rings. The highest BCUT2D eigenvalue weighted by molar-refractivity contribution is 7.47. The fourth-order valence-corrected chi connectivity index (χ4v) is 5.28. The molecule has 0 aromatic carbocycles. The summed E-state index contributed by atoms with van der Waals surface area (Å²) in [4.78, 5) is 34.6. The van der Waals surface area contributed by atoms with Crippen LogP contribution >= 0.6 is 7.82 Å². The summed E-state index contributed by atoms with van der Waals surface area (Å²) in [5.74, 6) is -0.901. The van der Waals surface area contributed by atoms with E-state index in [2.05, 4.69) is 38.2 Å². The number of hydrogen-bond donors (Lipinski definition) is 2. The number of hydrogen-bond acceptors (Lipinski definition) is 8. The SMILES string of the molecule is CC/C=C/C=C/C=C/C=C/CCCCCC(=O)OC(COC(=O)CCCCC/C=C/CCCCCCCCC)COP(=O)(O)OCCN. The lowest BCUT2D eigenvalue weighted by atomic mass is 10.1. The van der Waals surface area contributed by atoms with Crippen molar-refractivity contribution in [1.82, 2.24) is 0 Å². The Kier molecular flexibility index (Phi) is 32.9. The van der Waals surface area contributed by atoms with Crippen molar-refractivity contribution in [2.75, 3.05) is 26.4 Å². The molecule has 0 spiro atoms. The normalized spacial score (nSPS) is 14.2. The number of carbonyl (C=O) groups excluding carboxylic acids is 2. The number of phosphoric ester groups is 1. The highest BCUT2D eigenvalue weighted by Gasteiger charge is 2.25. The van der Waals surface area contributed by atoms with E-state index in [1.165, 1.54) is 44.9 Å². The summed E-state index contributed by atoms with van der Waals surface area (Å²) in [6.07, 6.45) is 38.3. The second-order valence-corrected chi connectivity index (χ2v) is 13.2. The van der Waals surface area contributed by atoms with E-state index < -0.39 is 32.5 Å². The van der Waals surface area contributed by atoms with E-state index in [1.54, 1.807) is 0 Å². The molecule has 3 N–H and O–H groups in total. The molecule has 0 aliphatic carbocycles. The second-order valence-electron chi connectivity index (χ2n) is 11.8. The van der Waals surface area contributed by atoms with Gasteiger partial charge < -0.3 is 20.1 Å². The third kappa shape index (κ3) is 33.6. The van der Waals surface area contributed by atoms with E-state index in [1.807, 2.05) is 36.5 Å². The fraction of sp³-hybridized carbons (Fsp3) is 0.684. The van der Waals surface area contributed by atoms with Gasteiger partial charge in [-0.25, -0.2) is 4.57 Å². The van der Waals surface area contributed by atoms with Gasteiger partial charge in [0.15, 0.2) is 6.10 Å². The number of ether oxygens (including phenoxy) is 2. The van der Waals surface area contributed by atoms with Gasteiger partial charge in [-0.3, -0.25) is 18.6 Å². The molecule has 0 radical (unpaired) electrons. The number of phosphoric acid groups is 1. The first kappa shape index (κ1) is 45.7. The summed E-state index contributed by atoms with van der Waals surface area (Å²) in [5, 5.41) is 0. The predicted molar refractivity (Wildman–Crippen MR) is 196 cm³/mol. The highest BCUT2D eigenvalue weighted by Crippen LogP contribution is 2.43. The van der Waals surface area contributed by atoms with Crippen molar-refractivity contribution < 1.29 is 37.6 Å². The van der Waals surface area contributed by atoms with Crippen molar-refractivity contribution in [2.24, 2.45) is 5.73 Å². The molecule has 2 atom stereocenters. The molecule has 0 aliphatic heterocycles. The molecular formula is C38H66NO8P. The minimum Gasteiger partial charge on any atom is -0.462 e. The molecule has 0 amide bonds. The van der Waals surface area contributed by atoms with Crippen LogP contribution in [-0.2, 0) is 32.7 Å². The summed E-state index contributed by atoms with van der Waals surface area (Å²) >= 11 is 0.